The highest BCUT2D eigenvalue weighted by atomic mass is 16.5. The van der Waals surface area contributed by atoms with E-state index in [2.05, 4.69) is 0 Å². The Bertz CT molecular complexity index is 1060. The highest BCUT2D eigenvalue weighted by Crippen LogP contribution is 2.54. The molecule has 0 bridgehead atoms. The van der Waals surface area contributed by atoms with Gasteiger partial charge in [0.15, 0.2) is 11.7 Å². The van der Waals surface area contributed by atoms with E-state index in [1.54, 1.807) is 45.2 Å². The highest BCUT2D eigenvalue weighted by molar-refractivity contribution is 5.81. The third-order valence-corrected chi connectivity index (χ3v) is 5.32. The van der Waals surface area contributed by atoms with Crippen LogP contribution >= 0.6 is 0 Å². The molecule has 2 aliphatic rings. The standard InChI is InChI=1S/C21H20O6/c1-20(2,22)18-7-11-6-13-16(9-15(11)26-18)25-10-21(23)14-5-4-12(24-3)8-17(14)27-19(13)21/h4-9,19,22-23H,10H2,1-3H3/t19-,21+/m1/s1. The summed E-state index contributed by atoms with van der Waals surface area (Å²) in [6.07, 6.45) is -0.590. The quantitative estimate of drug-likeness (QED) is 0.722. The summed E-state index contributed by atoms with van der Waals surface area (Å²) in [5, 5.41) is 22.4. The molecule has 2 aromatic carbocycles. The molecule has 3 aromatic rings. The van der Waals surface area contributed by atoms with Crippen molar-refractivity contribution in [1.29, 1.82) is 0 Å². The Hall–Kier alpha value is -2.70. The fourth-order valence-electron chi connectivity index (χ4n) is 3.83. The molecule has 0 saturated carbocycles. The maximum Gasteiger partial charge on any atom is 0.168 e. The molecule has 140 valence electrons. The molecule has 0 unspecified atom stereocenters. The zero-order valence-corrected chi connectivity index (χ0v) is 15.3. The summed E-state index contributed by atoms with van der Waals surface area (Å²) in [4.78, 5) is 0. The third kappa shape index (κ3) is 2.27. The first-order chi connectivity index (χ1) is 12.8. The van der Waals surface area contributed by atoms with Crippen molar-refractivity contribution in [2.24, 2.45) is 0 Å². The summed E-state index contributed by atoms with van der Waals surface area (Å²) >= 11 is 0. The molecule has 0 fully saturated rings. The fraction of sp³-hybridized carbons (Fsp3) is 0.333. The number of furan rings is 1. The van der Waals surface area contributed by atoms with Gasteiger partial charge in [0, 0.05) is 28.6 Å². The molecule has 6 heteroatoms. The van der Waals surface area contributed by atoms with E-state index in [1.165, 1.54) is 0 Å². The van der Waals surface area contributed by atoms with Crippen molar-refractivity contribution in [2.45, 2.75) is 31.2 Å². The number of hydrogen-bond donors (Lipinski definition) is 2. The molecule has 6 nitrogen and oxygen atoms in total. The van der Waals surface area contributed by atoms with Gasteiger partial charge in [-0.3, -0.25) is 0 Å². The molecule has 1 aromatic heterocycles. The minimum atomic E-state index is -1.27. The number of ether oxygens (including phenoxy) is 3. The molecule has 3 heterocycles. The first kappa shape index (κ1) is 16.5. The number of aliphatic hydroxyl groups is 2. The van der Waals surface area contributed by atoms with Gasteiger partial charge in [-0.1, -0.05) is 0 Å². The van der Waals surface area contributed by atoms with Gasteiger partial charge in [-0.2, -0.15) is 0 Å². The Balaban J connectivity index is 1.64. The van der Waals surface area contributed by atoms with Crippen molar-refractivity contribution in [3.63, 3.8) is 0 Å². The maximum absolute atomic E-state index is 11.3. The van der Waals surface area contributed by atoms with Crippen LogP contribution in [0, 0.1) is 0 Å². The lowest BCUT2D eigenvalue weighted by Gasteiger charge is -2.34. The molecular weight excluding hydrogens is 348 g/mol. The Kier molecular flexibility index (Phi) is 3.16. The van der Waals surface area contributed by atoms with Crippen LogP contribution in [-0.2, 0) is 11.2 Å². The molecule has 0 spiro atoms. The van der Waals surface area contributed by atoms with Gasteiger partial charge in [0.05, 0.1) is 7.11 Å². The number of benzene rings is 2. The van der Waals surface area contributed by atoms with Crippen LogP contribution in [0.4, 0.5) is 0 Å². The average Bonchev–Trinajstić information content (AvgIpc) is 3.18. The molecular formula is C21H20O6. The van der Waals surface area contributed by atoms with Crippen molar-refractivity contribution < 1.29 is 28.8 Å². The summed E-state index contributed by atoms with van der Waals surface area (Å²) in [5.41, 5.74) is -0.311. The van der Waals surface area contributed by atoms with E-state index in [0.717, 1.165) is 10.9 Å². The van der Waals surface area contributed by atoms with Crippen LogP contribution in [-0.4, -0.2) is 23.9 Å². The van der Waals surface area contributed by atoms with E-state index in [1.807, 2.05) is 12.1 Å². The van der Waals surface area contributed by atoms with E-state index in [0.29, 0.717) is 34.2 Å². The number of rotatable bonds is 2. The first-order valence-corrected chi connectivity index (χ1v) is 8.80. The molecule has 0 amide bonds. The van der Waals surface area contributed by atoms with E-state index < -0.39 is 17.3 Å². The lowest BCUT2D eigenvalue weighted by molar-refractivity contribution is -0.0862. The van der Waals surface area contributed by atoms with Gasteiger partial charge >= 0.3 is 0 Å². The second-order valence-electron chi connectivity index (χ2n) is 7.67. The number of hydrogen-bond acceptors (Lipinski definition) is 6. The highest BCUT2D eigenvalue weighted by Gasteiger charge is 2.53. The SMILES string of the molecule is COc1ccc2c(c1)O[C@@H]1c3cc4cc(C(C)(C)O)oc4cc3OC[C@]21O. The van der Waals surface area contributed by atoms with Gasteiger partial charge in [-0.25, -0.2) is 0 Å². The molecule has 5 rings (SSSR count). The summed E-state index contributed by atoms with van der Waals surface area (Å²) in [5.74, 6) is 2.32. The van der Waals surface area contributed by atoms with Gasteiger partial charge in [0.1, 0.15) is 40.8 Å². The summed E-state index contributed by atoms with van der Waals surface area (Å²) < 4.78 is 23.0. The van der Waals surface area contributed by atoms with Crippen LogP contribution in [0.5, 0.6) is 17.2 Å². The monoisotopic (exact) mass is 368 g/mol. The fourth-order valence-corrected chi connectivity index (χ4v) is 3.83. The zero-order valence-electron chi connectivity index (χ0n) is 15.3. The molecule has 0 aliphatic carbocycles. The van der Waals surface area contributed by atoms with Crippen LogP contribution in [0.25, 0.3) is 11.0 Å². The topological polar surface area (TPSA) is 81.3 Å². The largest absolute Gasteiger partial charge is 0.497 e. The van der Waals surface area contributed by atoms with Gasteiger partial charge in [0.2, 0.25) is 0 Å². The van der Waals surface area contributed by atoms with Crippen LogP contribution in [0.1, 0.15) is 36.8 Å². The maximum atomic E-state index is 11.3. The minimum Gasteiger partial charge on any atom is -0.497 e. The smallest absolute Gasteiger partial charge is 0.168 e. The minimum absolute atomic E-state index is 0.0779. The van der Waals surface area contributed by atoms with E-state index in [-0.39, 0.29) is 6.61 Å². The van der Waals surface area contributed by atoms with Gasteiger partial charge < -0.3 is 28.8 Å². The Morgan fingerprint density at radius 2 is 1.96 bits per heavy atom. The van der Waals surface area contributed by atoms with Crippen LogP contribution in [0.2, 0.25) is 0 Å². The predicted molar refractivity (Wildman–Crippen MR) is 97.2 cm³/mol. The molecule has 0 radical (unpaired) electrons. The second-order valence-corrected chi connectivity index (χ2v) is 7.67. The van der Waals surface area contributed by atoms with Crippen molar-refractivity contribution in [2.75, 3.05) is 13.7 Å². The summed E-state index contributed by atoms with van der Waals surface area (Å²) in [6, 6.07) is 10.9. The molecule has 2 aliphatic heterocycles. The lowest BCUT2D eigenvalue weighted by atomic mass is 9.84. The normalized spacial score (nSPS) is 23.2. The summed E-state index contributed by atoms with van der Waals surface area (Å²) in [7, 11) is 1.59. The first-order valence-electron chi connectivity index (χ1n) is 8.80. The van der Waals surface area contributed by atoms with Crippen LogP contribution in [0.3, 0.4) is 0 Å². The van der Waals surface area contributed by atoms with Gasteiger partial charge in [0.25, 0.3) is 0 Å². The number of fused-ring (bicyclic) bond motifs is 6. The lowest BCUT2D eigenvalue weighted by Crippen LogP contribution is -2.41. The third-order valence-electron chi connectivity index (χ3n) is 5.32. The Morgan fingerprint density at radius 3 is 2.70 bits per heavy atom. The number of methoxy groups -OCH3 is 1. The molecule has 2 N–H and O–H groups in total. The van der Waals surface area contributed by atoms with E-state index in [4.69, 9.17) is 18.6 Å². The second kappa shape index (κ2) is 5.18. The Labute approximate surface area is 155 Å². The predicted octanol–water partition coefficient (Wildman–Crippen LogP) is 3.38. The van der Waals surface area contributed by atoms with Crippen molar-refractivity contribution in [1.82, 2.24) is 0 Å². The van der Waals surface area contributed by atoms with Crippen LogP contribution in [0.15, 0.2) is 40.8 Å². The van der Waals surface area contributed by atoms with Gasteiger partial charge in [-0.05, 0) is 38.1 Å². The Morgan fingerprint density at radius 1 is 1.15 bits per heavy atom. The van der Waals surface area contributed by atoms with Crippen molar-refractivity contribution in [3.8, 4) is 17.2 Å². The van der Waals surface area contributed by atoms with E-state index in [9.17, 15) is 10.2 Å². The van der Waals surface area contributed by atoms with E-state index >= 15 is 0 Å². The van der Waals surface area contributed by atoms with Crippen molar-refractivity contribution >= 4 is 11.0 Å². The molecule has 0 saturated heterocycles. The van der Waals surface area contributed by atoms with Crippen LogP contribution < -0.4 is 14.2 Å². The summed E-state index contributed by atoms with van der Waals surface area (Å²) in [6.45, 7) is 3.42. The zero-order chi connectivity index (χ0) is 19.0. The van der Waals surface area contributed by atoms with Gasteiger partial charge in [-0.15, -0.1) is 0 Å². The van der Waals surface area contributed by atoms with Crippen molar-refractivity contribution in [3.05, 3.63) is 53.3 Å². The average molecular weight is 368 g/mol. The molecule has 27 heavy (non-hydrogen) atoms. The molecule has 2 atom stereocenters.